The Kier molecular flexibility index (Phi) is 10.0. The molecule has 4 nitrogen and oxygen atoms in total. The number of aromatic nitrogens is 1. The number of carbonyl (C=O) groups is 1. The third-order valence-electron chi connectivity index (χ3n) is 2.30. The normalized spacial score (nSPS) is 10.8. The summed E-state index contributed by atoms with van der Waals surface area (Å²) in [7, 11) is 1.76. The smallest absolute Gasteiger partial charge is 0.239 e. The van der Waals surface area contributed by atoms with Crippen molar-refractivity contribution in [2.24, 2.45) is 5.73 Å². The van der Waals surface area contributed by atoms with Gasteiger partial charge in [0.25, 0.3) is 0 Å². The van der Waals surface area contributed by atoms with Crippen molar-refractivity contribution in [3.63, 3.8) is 0 Å². The molecule has 0 fully saturated rings. The van der Waals surface area contributed by atoms with E-state index in [1.54, 1.807) is 24.3 Å². The van der Waals surface area contributed by atoms with E-state index in [1.165, 1.54) is 0 Å². The van der Waals surface area contributed by atoms with Crippen LogP contribution in [0.2, 0.25) is 0 Å². The van der Waals surface area contributed by atoms with E-state index >= 15 is 0 Å². The van der Waals surface area contributed by atoms with Gasteiger partial charge in [-0.2, -0.15) is 0 Å². The standard InChI is InChI=1S/C11H17N3O.2ClH/c1-3-10(12)11(15)14(2)8-9-4-6-13-7-5-9;;/h4-7,10H,3,8,12H2,1-2H3;2*1H/t10-;;/m0../s1. The Morgan fingerprint density at radius 1 is 1.41 bits per heavy atom. The van der Waals surface area contributed by atoms with Crippen LogP contribution in [0.5, 0.6) is 0 Å². The number of amides is 1. The Balaban J connectivity index is 0. The van der Waals surface area contributed by atoms with Gasteiger partial charge in [-0.25, -0.2) is 0 Å². The minimum absolute atomic E-state index is 0. The SMILES string of the molecule is CC[C@H](N)C(=O)N(C)Cc1ccncc1.Cl.Cl. The van der Waals surface area contributed by atoms with Crippen molar-refractivity contribution in [1.82, 2.24) is 9.88 Å². The number of hydrogen-bond donors (Lipinski definition) is 1. The molecule has 0 unspecified atom stereocenters. The van der Waals surface area contributed by atoms with Crippen molar-refractivity contribution < 1.29 is 4.79 Å². The molecule has 1 amide bonds. The summed E-state index contributed by atoms with van der Waals surface area (Å²) in [5.41, 5.74) is 6.73. The zero-order valence-electron chi connectivity index (χ0n) is 10.00. The van der Waals surface area contributed by atoms with Crippen molar-refractivity contribution >= 4 is 30.7 Å². The maximum absolute atomic E-state index is 11.7. The highest BCUT2D eigenvalue weighted by molar-refractivity contribution is 5.85. The molecule has 0 aromatic carbocycles. The summed E-state index contributed by atoms with van der Waals surface area (Å²) in [6, 6.07) is 3.39. The fourth-order valence-electron chi connectivity index (χ4n) is 1.30. The predicted octanol–water partition coefficient (Wildman–Crippen LogP) is 1.62. The van der Waals surface area contributed by atoms with Gasteiger partial charge < -0.3 is 10.6 Å². The fourth-order valence-corrected chi connectivity index (χ4v) is 1.30. The molecule has 1 aromatic heterocycles. The van der Waals surface area contributed by atoms with Crippen molar-refractivity contribution in [1.29, 1.82) is 0 Å². The number of rotatable bonds is 4. The topological polar surface area (TPSA) is 59.2 Å². The molecular formula is C11H19Cl2N3O. The number of pyridine rings is 1. The van der Waals surface area contributed by atoms with Gasteiger partial charge in [0.1, 0.15) is 0 Å². The van der Waals surface area contributed by atoms with Crippen LogP contribution >= 0.6 is 24.8 Å². The lowest BCUT2D eigenvalue weighted by Crippen LogP contribution is -2.40. The summed E-state index contributed by atoms with van der Waals surface area (Å²) in [5.74, 6) is -0.0192. The Hall–Kier alpha value is -0.840. The van der Waals surface area contributed by atoms with Gasteiger partial charge in [-0.1, -0.05) is 6.92 Å². The number of likely N-dealkylation sites (N-methyl/N-ethyl adjacent to an activating group) is 1. The average Bonchev–Trinajstić information content (AvgIpc) is 2.28. The summed E-state index contributed by atoms with van der Waals surface area (Å²) in [4.78, 5) is 17.2. The second-order valence-electron chi connectivity index (χ2n) is 3.56. The predicted molar refractivity (Wildman–Crippen MR) is 73.5 cm³/mol. The lowest BCUT2D eigenvalue weighted by molar-refractivity contribution is -0.131. The van der Waals surface area contributed by atoms with Gasteiger partial charge in [0.15, 0.2) is 0 Å². The van der Waals surface area contributed by atoms with Crippen LogP contribution in [0.3, 0.4) is 0 Å². The second-order valence-corrected chi connectivity index (χ2v) is 3.56. The molecule has 0 aliphatic heterocycles. The van der Waals surface area contributed by atoms with Crippen molar-refractivity contribution in [3.05, 3.63) is 30.1 Å². The molecule has 0 saturated carbocycles. The molecule has 6 heteroatoms. The first-order chi connectivity index (χ1) is 7.15. The van der Waals surface area contributed by atoms with Crippen LogP contribution in [-0.4, -0.2) is 28.9 Å². The van der Waals surface area contributed by atoms with Gasteiger partial charge in [0.2, 0.25) is 5.91 Å². The number of hydrogen-bond acceptors (Lipinski definition) is 3. The summed E-state index contributed by atoms with van der Waals surface area (Å²) in [6.07, 6.45) is 4.10. The van der Waals surface area contributed by atoms with Crippen molar-refractivity contribution in [3.8, 4) is 0 Å². The molecule has 0 saturated heterocycles. The molecule has 17 heavy (non-hydrogen) atoms. The first kappa shape index (κ1) is 18.5. The van der Waals surface area contributed by atoms with E-state index in [-0.39, 0.29) is 30.7 Å². The quantitative estimate of drug-likeness (QED) is 0.911. The van der Waals surface area contributed by atoms with Crippen LogP contribution in [0.4, 0.5) is 0 Å². The van der Waals surface area contributed by atoms with E-state index in [9.17, 15) is 4.79 Å². The second kappa shape index (κ2) is 9.22. The maximum atomic E-state index is 11.7. The Bertz CT molecular complexity index is 322. The molecule has 0 spiro atoms. The Morgan fingerprint density at radius 2 is 1.94 bits per heavy atom. The molecule has 2 N–H and O–H groups in total. The van der Waals surface area contributed by atoms with Crippen LogP contribution in [0.15, 0.2) is 24.5 Å². The maximum Gasteiger partial charge on any atom is 0.239 e. The minimum Gasteiger partial charge on any atom is -0.340 e. The number of nitrogens with zero attached hydrogens (tertiary/aromatic N) is 2. The Morgan fingerprint density at radius 3 is 2.41 bits per heavy atom. The van der Waals surface area contributed by atoms with E-state index in [2.05, 4.69) is 4.98 Å². The molecule has 1 atom stereocenters. The molecule has 0 bridgehead atoms. The monoisotopic (exact) mass is 279 g/mol. The lowest BCUT2D eigenvalue weighted by atomic mass is 10.2. The summed E-state index contributed by atoms with van der Waals surface area (Å²) >= 11 is 0. The highest BCUT2D eigenvalue weighted by Gasteiger charge is 2.15. The van der Waals surface area contributed by atoms with E-state index in [0.29, 0.717) is 13.0 Å². The number of nitrogens with two attached hydrogens (primary N) is 1. The fraction of sp³-hybridized carbons (Fsp3) is 0.455. The molecule has 0 aliphatic carbocycles. The molecule has 1 rings (SSSR count). The van der Waals surface area contributed by atoms with Crippen molar-refractivity contribution in [2.45, 2.75) is 25.9 Å². The third kappa shape index (κ3) is 5.86. The van der Waals surface area contributed by atoms with Gasteiger partial charge in [0.05, 0.1) is 6.04 Å². The molecule has 0 radical (unpaired) electrons. The average molecular weight is 280 g/mol. The zero-order valence-corrected chi connectivity index (χ0v) is 11.6. The van der Waals surface area contributed by atoms with E-state index in [4.69, 9.17) is 5.73 Å². The lowest BCUT2D eigenvalue weighted by Gasteiger charge is -2.20. The minimum atomic E-state index is -0.392. The highest BCUT2D eigenvalue weighted by atomic mass is 35.5. The van der Waals surface area contributed by atoms with Gasteiger partial charge in [0, 0.05) is 26.0 Å². The van der Waals surface area contributed by atoms with Crippen LogP contribution in [0.25, 0.3) is 0 Å². The van der Waals surface area contributed by atoms with Gasteiger partial charge in [-0.05, 0) is 24.1 Å². The molecular weight excluding hydrogens is 261 g/mol. The largest absolute Gasteiger partial charge is 0.340 e. The van der Waals surface area contributed by atoms with Gasteiger partial charge in [-0.3, -0.25) is 9.78 Å². The molecule has 1 heterocycles. The van der Waals surface area contributed by atoms with Crippen molar-refractivity contribution in [2.75, 3.05) is 7.05 Å². The molecule has 98 valence electrons. The summed E-state index contributed by atoms with van der Waals surface area (Å²) in [6.45, 7) is 2.48. The van der Waals surface area contributed by atoms with Crippen LogP contribution in [0.1, 0.15) is 18.9 Å². The van der Waals surface area contributed by atoms with Crippen LogP contribution in [-0.2, 0) is 11.3 Å². The van der Waals surface area contributed by atoms with E-state index in [1.807, 2.05) is 19.1 Å². The first-order valence-corrected chi connectivity index (χ1v) is 5.04. The Labute approximate surface area is 114 Å². The molecule has 0 aliphatic rings. The van der Waals surface area contributed by atoms with Crippen LogP contribution < -0.4 is 5.73 Å². The van der Waals surface area contributed by atoms with Gasteiger partial charge >= 0.3 is 0 Å². The molecule has 1 aromatic rings. The summed E-state index contributed by atoms with van der Waals surface area (Å²) < 4.78 is 0. The first-order valence-electron chi connectivity index (χ1n) is 5.04. The third-order valence-corrected chi connectivity index (χ3v) is 2.30. The summed E-state index contributed by atoms with van der Waals surface area (Å²) in [5, 5.41) is 0. The van der Waals surface area contributed by atoms with Gasteiger partial charge in [-0.15, -0.1) is 24.8 Å². The number of carbonyl (C=O) groups excluding carboxylic acids is 1. The highest BCUT2D eigenvalue weighted by Crippen LogP contribution is 2.03. The zero-order chi connectivity index (χ0) is 11.3. The number of halogens is 2. The van der Waals surface area contributed by atoms with E-state index in [0.717, 1.165) is 5.56 Å². The van der Waals surface area contributed by atoms with E-state index < -0.39 is 6.04 Å². The van der Waals surface area contributed by atoms with Crippen LogP contribution in [0, 0.1) is 0 Å².